The second kappa shape index (κ2) is 40.9. The molecule has 0 saturated carbocycles. The molecule has 35 heteroatoms. The molecule has 3 saturated heterocycles. The number of amides is 12. The molecule has 35 nitrogen and oxygen atoms in total. The second-order valence-corrected chi connectivity index (χ2v) is 27.7. The van der Waals surface area contributed by atoms with Gasteiger partial charge in [0.1, 0.15) is 84.5 Å². The minimum Gasteiger partial charge on any atom is -0.508 e. The van der Waals surface area contributed by atoms with Gasteiger partial charge in [0, 0.05) is 51.3 Å². The zero-order valence-corrected chi connectivity index (χ0v) is 60.6. The summed E-state index contributed by atoms with van der Waals surface area (Å²) in [6.07, 6.45) is -7.29. The number of nitrogens with zero attached hydrogens (tertiary/aromatic N) is 4. The minimum absolute atomic E-state index is 0.000754. The first-order valence-electron chi connectivity index (χ1n) is 36.3. The van der Waals surface area contributed by atoms with Crippen LogP contribution >= 0.6 is 0 Å². The molecule has 21 N–H and O–H groups in total. The summed E-state index contributed by atoms with van der Waals surface area (Å²) in [7, 11) is 0. The average Bonchev–Trinajstić information content (AvgIpc) is 1.79. The van der Waals surface area contributed by atoms with Crippen molar-refractivity contribution in [2.45, 2.75) is 195 Å². The molecule has 0 unspecified atom stereocenters. The van der Waals surface area contributed by atoms with Gasteiger partial charge >= 0.3 is 0 Å². The van der Waals surface area contributed by atoms with E-state index in [-0.39, 0.29) is 88.5 Å². The van der Waals surface area contributed by atoms with Crippen LogP contribution in [-0.2, 0) is 106 Å². The number of benzene rings is 4. The van der Waals surface area contributed by atoms with Crippen molar-refractivity contribution in [2.24, 2.45) is 28.9 Å². The Kier molecular flexibility index (Phi) is 31.5. The lowest BCUT2D eigenvalue weighted by Crippen LogP contribution is -2.62. The first-order chi connectivity index (χ1) is 52.2. The van der Waals surface area contributed by atoms with Crippen LogP contribution in [0.2, 0.25) is 0 Å². The number of ether oxygens (including phenoxy) is 2. The molecule has 0 aliphatic carbocycles. The van der Waals surface area contributed by atoms with Crippen molar-refractivity contribution in [1.82, 2.24) is 67.7 Å². The normalized spacial score (nSPS) is 26.3. The van der Waals surface area contributed by atoms with Crippen LogP contribution in [0, 0.1) is 5.92 Å². The molecule has 3 aliphatic rings. The largest absolute Gasteiger partial charge is 0.508 e. The zero-order valence-electron chi connectivity index (χ0n) is 60.6. The highest BCUT2D eigenvalue weighted by Crippen LogP contribution is 2.24. The van der Waals surface area contributed by atoms with Crippen molar-refractivity contribution in [1.29, 1.82) is 0 Å². The quantitative estimate of drug-likeness (QED) is 0.0262. The van der Waals surface area contributed by atoms with Crippen LogP contribution < -0.4 is 70.8 Å². The van der Waals surface area contributed by atoms with Crippen LogP contribution in [0.3, 0.4) is 0 Å². The van der Waals surface area contributed by atoms with E-state index in [0.717, 1.165) is 0 Å². The van der Waals surface area contributed by atoms with Gasteiger partial charge in [0.2, 0.25) is 70.9 Å². The van der Waals surface area contributed by atoms with E-state index in [2.05, 4.69) is 58.2 Å². The Balaban J connectivity index is 1.20. The number of phenolic OH excluding ortho intramolecular Hbond substituents is 1. The number of phenols is 1. The fourth-order valence-corrected chi connectivity index (χ4v) is 12.9. The number of aliphatic hydroxyl groups is 3. The summed E-state index contributed by atoms with van der Waals surface area (Å²) in [6.45, 7) is 2.66. The van der Waals surface area contributed by atoms with Crippen LogP contribution in [0.15, 0.2) is 121 Å². The van der Waals surface area contributed by atoms with Gasteiger partial charge in [-0.15, -0.1) is 5.10 Å². The number of primary amides is 2. The number of hydrogen-bond donors (Lipinski definition) is 17. The highest BCUT2D eigenvalue weighted by atomic mass is 16.7. The zero-order chi connectivity index (χ0) is 78.8. The van der Waals surface area contributed by atoms with E-state index in [0.29, 0.717) is 28.7 Å². The molecule has 0 spiro atoms. The van der Waals surface area contributed by atoms with Crippen LogP contribution in [-0.4, -0.2) is 229 Å². The van der Waals surface area contributed by atoms with E-state index in [1.807, 2.05) is 0 Å². The van der Waals surface area contributed by atoms with Crippen molar-refractivity contribution in [3.05, 3.63) is 149 Å². The fraction of sp³-hybridized carbons (Fsp3) is 0.486. The molecule has 4 heterocycles. The number of aromatic nitrogens is 3. The highest BCUT2D eigenvalue weighted by molar-refractivity contribution is 6.01. The molecular weight excluding hydrogens is 1410 g/mol. The van der Waals surface area contributed by atoms with E-state index >= 15 is 24.0 Å². The molecule has 4 aromatic carbocycles. The minimum atomic E-state index is -1.92. The molecule has 3 fully saturated rings. The molecule has 0 bridgehead atoms. The molecule has 3 aliphatic heterocycles. The third-order valence-corrected chi connectivity index (χ3v) is 18.8. The summed E-state index contributed by atoms with van der Waals surface area (Å²) in [5.74, 6) is -12.2. The van der Waals surface area contributed by atoms with Gasteiger partial charge in [-0.2, -0.15) is 0 Å². The lowest BCUT2D eigenvalue weighted by Gasteiger charge is -2.40. The van der Waals surface area contributed by atoms with E-state index in [1.165, 1.54) is 40.0 Å². The molecule has 109 heavy (non-hydrogen) atoms. The van der Waals surface area contributed by atoms with Crippen molar-refractivity contribution in [3.63, 3.8) is 0 Å². The maximum Gasteiger partial charge on any atom is 0.246 e. The van der Waals surface area contributed by atoms with Gasteiger partial charge in [-0.25, -0.2) is 4.68 Å². The van der Waals surface area contributed by atoms with Gasteiger partial charge in [-0.3, -0.25) is 57.5 Å². The topological polar surface area (TPSA) is 551 Å². The van der Waals surface area contributed by atoms with Gasteiger partial charge in [-0.1, -0.05) is 122 Å². The summed E-state index contributed by atoms with van der Waals surface area (Å²) in [4.78, 5) is 177. The van der Waals surface area contributed by atoms with E-state index in [4.69, 9.17) is 32.4 Å². The Morgan fingerprint density at radius 2 is 1.00 bits per heavy atom. The molecule has 15 atom stereocenters. The third kappa shape index (κ3) is 25.1. The number of rotatable bonds is 25. The first-order valence-corrected chi connectivity index (χ1v) is 36.3. The van der Waals surface area contributed by atoms with Crippen molar-refractivity contribution < 1.29 is 87.4 Å². The molecule has 8 rings (SSSR count). The highest BCUT2D eigenvalue weighted by Gasteiger charge is 2.45. The number of nitrogens with one attached hydrogen (secondary N) is 9. The predicted molar refractivity (Wildman–Crippen MR) is 390 cm³/mol. The Hall–Kier alpha value is -10.8. The number of fused-ring (bicyclic) bond motifs is 1. The molecule has 0 radical (unpaired) electrons. The Morgan fingerprint density at radius 3 is 1.50 bits per heavy atom. The number of carbonyl (C=O) groups is 12. The van der Waals surface area contributed by atoms with Crippen molar-refractivity contribution in [2.75, 3.05) is 26.3 Å². The molecule has 1 aromatic heterocycles. The lowest BCUT2D eigenvalue weighted by atomic mass is 9.98. The standard InChI is InChI=1S/C74H99N17O18/c1-41(2)32-50-66(100)87-56(36-44-18-10-5-11-19-44)73(107)91-29-13-21-57(91)72(106)86-53(34-43-16-8-4-9-17-43)69(103)83-51(33-42-14-6-3-7-15-42)68(102)85-55(38-60(77)95)71(105)80-49(26-27-59(76)94)65(99)82-52(35-45-22-24-47(93)25-23-45)67(101)84-54(70(104)79-48(20-12-28-75)64(98)81-50)37-46-39-90(89-88-46)30-31-108-74-61(78)63(97)62(96)58(40-92)109-74/h3-11,14-19,22-25,39,41,48-58,61-63,74,92-93,96-97H,12-13,20-21,26-38,40,75,78H2,1-2H3,(H2,76,94)(H2,77,95)(H,79,104)(H,80,105)(H,81,98)(H,82,99)(H,83,103)(H,84,101)(H,85,102)(H,86,106)(H,87,100)/t48-,49-,50-,51+,52-,53-,54-,55-,56+,57-,58+,61+,62-,63+,74+/m0/s1. The fourth-order valence-electron chi connectivity index (χ4n) is 12.9. The summed E-state index contributed by atoms with van der Waals surface area (Å²) < 4.78 is 12.6. The van der Waals surface area contributed by atoms with E-state index < -0.39 is 201 Å². The number of hydrogen-bond acceptors (Lipinski definition) is 22. The summed E-state index contributed by atoms with van der Waals surface area (Å²) >= 11 is 0. The van der Waals surface area contributed by atoms with Gasteiger partial charge in [0.25, 0.3) is 0 Å². The SMILES string of the molecule is CC(C)C[C@@H]1NC(=O)[C@H](CCCN)NC(=O)[C@H](Cc2cn(CCO[C@@H]3O[C@H](CO)[C@H](O)[C@H](O)[C@H]3N)nn2)NC(=O)[C@H](Cc2ccc(O)cc2)NC(=O)[C@H](CCC(N)=O)NC(=O)[C@H](CC(N)=O)NC(=O)[C@@H](Cc2ccccc2)NC(=O)[C@H](Cc2ccccc2)NC(=O)[C@@H]2CCCN2C(=O)[C@@H](Cc2ccccc2)NC1=O. The van der Waals surface area contributed by atoms with Gasteiger partial charge in [0.05, 0.1) is 37.9 Å². The maximum atomic E-state index is 15.3. The second-order valence-electron chi connectivity index (χ2n) is 27.7. The summed E-state index contributed by atoms with van der Waals surface area (Å²) in [5.41, 5.74) is 25.4. The van der Waals surface area contributed by atoms with Crippen LogP contribution in [0.4, 0.5) is 0 Å². The van der Waals surface area contributed by atoms with Crippen LogP contribution in [0.1, 0.15) is 93.2 Å². The summed E-state index contributed by atoms with van der Waals surface area (Å²) in [5, 5.41) is 73.3. The first kappa shape index (κ1) is 83.8. The van der Waals surface area contributed by atoms with Gasteiger partial charge in [0.15, 0.2) is 6.29 Å². The van der Waals surface area contributed by atoms with E-state index in [9.17, 15) is 54.0 Å². The van der Waals surface area contributed by atoms with Crippen LogP contribution in [0.25, 0.3) is 0 Å². The van der Waals surface area contributed by atoms with Crippen molar-refractivity contribution in [3.8, 4) is 5.75 Å². The van der Waals surface area contributed by atoms with E-state index in [1.54, 1.807) is 105 Å². The Morgan fingerprint density at radius 1 is 0.560 bits per heavy atom. The van der Waals surface area contributed by atoms with Gasteiger partial charge < -0.3 is 106 Å². The Labute approximate surface area is 628 Å². The van der Waals surface area contributed by atoms with Gasteiger partial charge in [-0.05, 0) is 85.4 Å². The van der Waals surface area contributed by atoms with Crippen LogP contribution in [0.5, 0.6) is 5.75 Å². The summed E-state index contributed by atoms with van der Waals surface area (Å²) in [6, 6.07) is 14.0. The lowest BCUT2D eigenvalue weighted by molar-refractivity contribution is -0.266. The molecule has 12 amide bonds. The monoisotopic (exact) mass is 1510 g/mol. The van der Waals surface area contributed by atoms with Crippen molar-refractivity contribution >= 4 is 70.9 Å². The molecule has 588 valence electrons. The number of nitrogens with two attached hydrogens (primary N) is 4. The smallest absolute Gasteiger partial charge is 0.246 e. The maximum absolute atomic E-state index is 15.3. The Bertz CT molecular complexity index is 3910. The molecule has 5 aromatic rings. The number of aliphatic hydroxyl groups excluding tert-OH is 3. The number of aromatic hydroxyl groups is 1. The predicted octanol–water partition coefficient (Wildman–Crippen LogP) is -4.43. The number of carbonyl (C=O) groups excluding carboxylic acids is 12. The average molecular weight is 1510 g/mol. The molecular formula is C74H99N17O18. The third-order valence-electron chi connectivity index (χ3n) is 18.8.